The van der Waals surface area contributed by atoms with Crippen LogP contribution in [0.4, 0.5) is 0 Å². The first-order valence-corrected chi connectivity index (χ1v) is 4.20. The Kier molecular flexibility index (Phi) is 20.0. The predicted octanol–water partition coefficient (Wildman–Crippen LogP) is 1.22. The van der Waals surface area contributed by atoms with Gasteiger partial charge in [-0.25, -0.2) is 0 Å². The third-order valence-corrected chi connectivity index (χ3v) is 0.880. The van der Waals surface area contributed by atoms with Crippen molar-refractivity contribution in [3.05, 3.63) is 12.7 Å². The third kappa shape index (κ3) is 22.6. The van der Waals surface area contributed by atoms with Gasteiger partial charge in [0, 0.05) is 13.2 Å². The molecule has 0 amide bonds. The Morgan fingerprint density at radius 3 is 2.08 bits per heavy atom. The molecule has 0 aliphatic carbocycles. The van der Waals surface area contributed by atoms with E-state index in [0.29, 0.717) is 13.2 Å². The highest BCUT2D eigenvalue weighted by molar-refractivity contribution is 4.63. The highest BCUT2D eigenvalue weighted by Crippen LogP contribution is 1.70. The van der Waals surface area contributed by atoms with Crippen LogP contribution in [0.25, 0.3) is 0 Å². The maximum absolute atomic E-state index is 8.13. The van der Waals surface area contributed by atoms with Crippen LogP contribution in [0.15, 0.2) is 12.7 Å². The summed E-state index contributed by atoms with van der Waals surface area (Å²) in [5.74, 6) is 0. The number of ether oxygens (including phenoxy) is 2. The topological polar surface area (TPSA) is 38.7 Å². The Balaban J connectivity index is 0. The van der Waals surface area contributed by atoms with Crippen LogP contribution in [0.1, 0.15) is 13.8 Å². The van der Waals surface area contributed by atoms with Crippen molar-refractivity contribution in [3.8, 4) is 0 Å². The van der Waals surface area contributed by atoms with Gasteiger partial charge in [-0.15, -0.1) is 6.58 Å². The van der Waals surface area contributed by atoms with Gasteiger partial charge in [0.05, 0.1) is 19.8 Å². The molecule has 0 aromatic rings. The van der Waals surface area contributed by atoms with E-state index < -0.39 is 0 Å². The van der Waals surface area contributed by atoms with E-state index in [2.05, 4.69) is 6.58 Å². The van der Waals surface area contributed by atoms with Crippen LogP contribution in [-0.4, -0.2) is 38.1 Å². The minimum absolute atomic E-state index is 0.0911. The molecule has 0 radical (unpaired) electrons. The quantitative estimate of drug-likeness (QED) is 0.488. The predicted molar refractivity (Wildman–Crippen MR) is 50.3 cm³/mol. The number of aliphatic hydroxyl groups excluding tert-OH is 1. The average Bonchev–Trinajstić information content (AvgIpc) is 2.08. The van der Waals surface area contributed by atoms with Crippen molar-refractivity contribution in [1.82, 2.24) is 0 Å². The zero-order valence-corrected chi connectivity index (χ0v) is 8.08. The maximum atomic E-state index is 8.13. The van der Waals surface area contributed by atoms with Crippen molar-refractivity contribution in [2.24, 2.45) is 0 Å². The van der Waals surface area contributed by atoms with Crippen molar-refractivity contribution in [2.45, 2.75) is 13.8 Å². The highest BCUT2D eigenvalue weighted by atomic mass is 16.5. The van der Waals surface area contributed by atoms with E-state index in [4.69, 9.17) is 14.6 Å². The van der Waals surface area contributed by atoms with Crippen LogP contribution in [-0.2, 0) is 9.47 Å². The largest absolute Gasteiger partial charge is 0.394 e. The molecule has 0 aliphatic heterocycles. The lowest BCUT2D eigenvalue weighted by molar-refractivity contribution is 0.112. The standard InChI is InChI=1S/C5H10O2.C4H10O/c1-2-4-7-5-3-6;1-3-5-4-2/h2,6H,1,3-5H2;3-4H2,1-2H3. The van der Waals surface area contributed by atoms with Gasteiger partial charge in [0.15, 0.2) is 0 Å². The summed E-state index contributed by atoms with van der Waals surface area (Å²) in [6.07, 6.45) is 1.65. The fraction of sp³-hybridized carbons (Fsp3) is 0.778. The minimum Gasteiger partial charge on any atom is -0.394 e. The van der Waals surface area contributed by atoms with Crippen molar-refractivity contribution >= 4 is 0 Å². The number of hydrogen-bond acceptors (Lipinski definition) is 3. The van der Waals surface area contributed by atoms with Gasteiger partial charge in [0.1, 0.15) is 0 Å². The van der Waals surface area contributed by atoms with Gasteiger partial charge in [-0.3, -0.25) is 0 Å². The Hall–Kier alpha value is -0.380. The molecule has 0 aliphatic rings. The van der Waals surface area contributed by atoms with Gasteiger partial charge in [0.25, 0.3) is 0 Å². The van der Waals surface area contributed by atoms with E-state index in [1.807, 2.05) is 13.8 Å². The van der Waals surface area contributed by atoms with E-state index in [-0.39, 0.29) is 6.61 Å². The minimum atomic E-state index is 0.0911. The van der Waals surface area contributed by atoms with Gasteiger partial charge in [0.2, 0.25) is 0 Å². The second kappa shape index (κ2) is 16.9. The molecule has 0 bridgehead atoms. The van der Waals surface area contributed by atoms with Crippen LogP contribution >= 0.6 is 0 Å². The molecule has 74 valence electrons. The first-order chi connectivity index (χ1) is 5.83. The molecule has 0 rings (SSSR count). The Morgan fingerprint density at radius 1 is 1.25 bits per heavy atom. The third-order valence-electron chi connectivity index (χ3n) is 0.880. The maximum Gasteiger partial charge on any atom is 0.0701 e. The molecule has 3 heteroatoms. The van der Waals surface area contributed by atoms with Gasteiger partial charge in [-0.05, 0) is 13.8 Å². The average molecular weight is 176 g/mol. The summed E-state index contributed by atoms with van der Waals surface area (Å²) in [4.78, 5) is 0. The molecule has 0 saturated carbocycles. The highest BCUT2D eigenvalue weighted by Gasteiger charge is 1.75. The lowest BCUT2D eigenvalue weighted by Crippen LogP contribution is -1.97. The molecule has 0 spiro atoms. The molecule has 0 unspecified atom stereocenters. The summed E-state index contributed by atoms with van der Waals surface area (Å²) < 4.78 is 9.60. The number of hydrogen-bond donors (Lipinski definition) is 1. The fourth-order valence-corrected chi connectivity index (χ4v) is 0.435. The first kappa shape index (κ1) is 14.2. The molecule has 0 heterocycles. The molecule has 0 aromatic heterocycles. The number of aliphatic hydroxyl groups is 1. The Morgan fingerprint density at radius 2 is 1.83 bits per heavy atom. The second-order valence-electron chi connectivity index (χ2n) is 1.87. The normalized spacial score (nSPS) is 8.58. The summed E-state index contributed by atoms with van der Waals surface area (Å²) in [6, 6.07) is 0. The number of rotatable bonds is 6. The monoisotopic (exact) mass is 176 g/mol. The summed E-state index contributed by atoms with van der Waals surface area (Å²) in [7, 11) is 0. The van der Waals surface area contributed by atoms with Crippen LogP contribution in [0.3, 0.4) is 0 Å². The van der Waals surface area contributed by atoms with Crippen LogP contribution in [0, 0.1) is 0 Å². The lowest BCUT2D eigenvalue weighted by atomic mass is 10.7. The van der Waals surface area contributed by atoms with E-state index in [1.165, 1.54) is 0 Å². The van der Waals surface area contributed by atoms with E-state index >= 15 is 0 Å². The van der Waals surface area contributed by atoms with Crippen LogP contribution in [0.5, 0.6) is 0 Å². The van der Waals surface area contributed by atoms with Gasteiger partial charge in [-0.2, -0.15) is 0 Å². The SMILES string of the molecule is C=CCOCCO.CCOCC. The van der Waals surface area contributed by atoms with Crippen molar-refractivity contribution in [1.29, 1.82) is 0 Å². The Bertz CT molecular complexity index is 72.2. The fourth-order valence-electron chi connectivity index (χ4n) is 0.435. The van der Waals surface area contributed by atoms with Crippen LogP contribution in [0.2, 0.25) is 0 Å². The molecular weight excluding hydrogens is 156 g/mol. The molecule has 0 atom stereocenters. The van der Waals surface area contributed by atoms with Crippen molar-refractivity contribution in [3.63, 3.8) is 0 Å². The molecular formula is C9H20O3. The zero-order valence-electron chi connectivity index (χ0n) is 8.08. The Labute approximate surface area is 75.0 Å². The molecule has 1 N–H and O–H groups in total. The lowest BCUT2D eigenvalue weighted by Gasteiger charge is -1.92. The smallest absolute Gasteiger partial charge is 0.0701 e. The molecule has 0 saturated heterocycles. The van der Waals surface area contributed by atoms with Crippen molar-refractivity contribution < 1.29 is 14.6 Å². The summed E-state index contributed by atoms with van der Waals surface area (Å²) in [5.41, 5.74) is 0. The summed E-state index contributed by atoms with van der Waals surface area (Å²) in [5, 5.41) is 8.13. The molecule has 0 fully saturated rings. The molecule has 12 heavy (non-hydrogen) atoms. The zero-order chi connectivity index (χ0) is 9.66. The van der Waals surface area contributed by atoms with E-state index in [9.17, 15) is 0 Å². The van der Waals surface area contributed by atoms with Gasteiger partial charge < -0.3 is 14.6 Å². The van der Waals surface area contributed by atoms with E-state index in [0.717, 1.165) is 13.2 Å². The van der Waals surface area contributed by atoms with E-state index in [1.54, 1.807) is 6.08 Å². The second-order valence-corrected chi connectivity index (χ2v) is 1.87. The van der Waals surface area contributed by atoms with Gasteiger partial charge in [-0.1, -0.05) is 6.08 Å². The molecule has 0 aromatic carbocycles. The summed E-state index contributed by atoms with van der Waals surface area (Å²) >= 11 is 0. The van der Waals surface area contributed by atoms with Crippen LogP contribution < -0.4 is 0 Å². The van der Waals surface area contributed by atoms with Crippen molar-refractivity contribution in [2.75, 3.05) is 33.0 Å². The summed E-state index contributed by atoms with van der Waals surface area (Å²) in [6.45, 7) is 10.1. The first-order valence-electron chi connectivity index (χ1n) is 4.20. The van der Waals surface area contributed by atoms with Gasteiger partial charge >= 0.3 is 0 Å². The molecule has 3 nitrogen and oxygen atoms in total.